The average molecular weight is 530 g/mol. The van der Waals surface area contributed by atoms with Crippen LogP contribution in [0.3, 0.4) is 0 Å². The molecule has 3 amide bonds. The zero-order chi connectivity index (χ0) is 26.6. The number of amides is 3. The first-order valence-corrected chi connectivity index (χ1v) is 11.4. The zero-order valence-electron chi connectivity index (χ0n) is 19.8. The lowest BCUT2D eigenvalue weighted by Crippen LogP contribution is -2.40. The third kappa shape index (κ3) is 5.80. The number of nitrogens with one attached hydrogen (secondary N) is 1. The molecule has 192 valence electrons. The number of benzene rings is 3. The molecule has 4 rings (SSSR count). The van der Waals surface area contributed by atoms with Gasteiger partial charge in [0.1, 0.15) is 17.9 Å². The van der Waals surface area contributed by atoms with Gasteiger partial charge >= 0.3 is 12.6 Å². The third-order valence-electron chi connectivity index (χ3n) is 5.64. The molecule has 3 aromatic carbocycles. The molecule has 8 nitrogen and oxygen atoms in total. The molecule has 11 heteroatoms. The smallest absolute Gasteiger partial charge is 0.387 e. The van der Waals surface area contributed by atoms with Gasteiger partial charge in [0.05, 0.1) is 13.3 Å². The van der Waals surface area contributed by atoms with E-state index < -0.39 is 24.1 Å². The number of hydrogen-bond acceptors (Lipinski definition) is 6. The normalized spacial score (nSPS) is 17.4. The Morgan fingerprint density at radius 2 is 1.76 bits per heavy atom. The van der Waals surface area contributed by atoms with Crippen LogP contribution in [0.4, 0.5) is 13.6 Å². The summed E-state index contributed by atoms with van der Waals surface area (Å²) in [6.45, 7) is -1.17. The number of urea groups is 1. The number of halogens is 3. The van der Waals surface area contributed by atoms with Gasteiger partial charge in [-0.25, -0.2) is 4.79 Å². The molecule has 0 spiro atoms. The Morgan fingerprint density at radius 1 is 1.05 bits per heavy atom. The van der Waals surface area contributed by atoms with Crippen molar-refractivity contribution in [2.75, 3.05) is 7.11 Å². The second-order valence-electron chi connectivity index (χ2n) is 8.14. The number of methoxy groups -OCH3 is 1. The Bertz CT molecular complexity index is 1320. The van der Waals surface area contributed by atoms with Crippen molar-refractivity contribution in [3.8, 4) is 17.2 Å². The largest absolute Gasteiger partial charge is 0.493 e. The van der Waals surface area contributed by atoms with Gasteiger partial charge in [0, 0.05) is 5.02 Å². The van der Waals surface area contributed by atoms with E-state index in [9.17, 15) is 18.4 Å². The minimum absolute atomic E-state index is 0.0662. The Hall–Kier alpha value is -4.18. The Balaban J connectivity index is 1.46. The molecule has 3 aromatic rings. The molecule has 37 heavy (non-hydrogen) atoms. The average Bonchev–Trinajstić information content (AvgIpc) is 3.10. The molecule has 0 aromatic heterocycles. The van der Waals surface area contributed by atoms with Crippen LogP contribution in [0.15, 0.2) is 71.8 Å². The number of ether oxygens (including phenoxy) is 3. The number of carbonyl (C=O) groups excluding carboxylic acids is 2. The molecule has 1 saturated heterocycles. The van der Waals surface area contributed by atoms with Crippen LogP contribution in [0, 0.1) is 0 Å². The lowest BCUT2D eigenvalue weighted by molar-refractivity contribution is -0.131. The Labute approximate surface area is 216 Å². The van der Waals surface area contributed by atoms with E-state index in [1.807, 2.05) is 12.1 Å². The van der Waals surface area contributed by atoms with Gasteiger partial charge in [0.25, 0.3) is 5.91 Å². The zero-order valence-corrected chi connectivity index (χ0v) is 20.5. The fraction of sp³-hybridized carbons (Fsp3) is 0.192. The van der Waals surface area contributed by atoms with Gasteiger partial charge in [-0.05, 0) is 66.1 Å². The molecule has 0 bridgehead atoms. The summed E-state index contributed by atoms with van der Waals surface area (Å²) in [4.78, 5) is 25.6. The van der Waals surface area contributed by atoms with Gasteiger partial charge in [-0.3, -0.25) is 4.79 Å². The van der Waals surface area contributed by atoms with Gasteiger partial charge < -0.3 is 19.5 Å². The minimum Gasteiger partial charge on any atom is -0.493 e. The number of imide groups is 1. The number of hydrogen-bond donors (Lipinski definition) is 1. The molecule has 0 unspecified atom stereocenters. The molecule has 0 aliphatic carbocycles. The second kappa shape index (κ2) is 10.8. The van der Waals surface area contributed by atoms with Crippen molar-refractivity contribution >= 4 is 29.8 Å². The predicted octanol–water partition coefficient (Wildman–Crippen LogP) is 5.33. The SMILES string of the molecule is COc1cc(/C=N\N2C(=O)N[C@@](C)(c3ccc(OC(F)F)cc3)C2=O)ccc1OCc1ccc(Cl)cc1. The maximum Gasteiger partial charge on any atom is 0.387 e. The van der Waals surface area contributed by atoms with Crippen LogP contribution in [0.25, 0.3) is 0 Å². The van der Waals surface area contributed by atoms with Crippen LogP contribution in [-0.4, -0.2) is 36.9 Å². The van der Waals surface area contributed by atoms with Crippen molar-refractivity contribution in [3.63, 3.8) is 0 Å². The fourth-order valence-corrected chi connectivity index (χ4v) is 3.77. The molecule has 1 N–H and O–H groups in total. The lowest BCUT2D eigenvalue weighted by Gasteiger charge is -2.21. The van der Waals surface area contributed by atoms with E-state index in [1.54, 1.807) is 30.3 Å². The summed E-state index contributed by atoms with van der Waals surface area (Å²) in [5, 5.41) is 7.99. The summed E-state index contributed by atoms with van der Waals surface area (Å²) in [7, 11) is 1.49. The van der Waals surface area contributed by atoms with Gasteiger partial charge in [0.2, 0.25) is 0 Å². The Morgan fingerprint density at radius 3 is 2.41 bits per heavy atom. The van der Waals surface area contributed by atoms with Crippen LogP contribution < -0.4 is 19.5 Å². The second-order valence-corrected chi connectivity index (χ2v) is 8.58. The molecule has 1 aliphatic rings. The van der Waals surface area contributed by atoms with Crippen molar-refractivity contribution in [2.24, 2.45) is 5.10 Å². The quantitative estimate of drug-likeness (QED) is 0.299. The number of carbonyl (C=O) groups is 2. The van der Waals surface area contributed by atoms with Crippen LogP contribution in [0.5, 0.6) is 17.2 Å². The monoisotopic (exact) mass is 529 g/mol. The maximum absolute atomic E-state index is 13.1. The molecule has 1 atom stereocenters. The van der Waals surface area contributed by atoms with Gasteiger partial charge in [-0.15, -0.1) is 5.01 Å². The molecule has 0 saturated carbocycles. The van der Waals surface area contributed by atoms with Crippen molar-refractivity contribution in [1.29, 1.82) is 0 Å². The number of rotatable bonds is 9. The molecular weight excluding hydrogens is 508 g/mol. The van der Waals surface area contributed by atoms with Crippen LogP contribution in [0.1, 0.15) is 23.6 Å². The van der Waals surface area contributed by atoms with Crippen LogP contribution in [0.2, 0.25) is 5.02 Å². The standard InChI is InChI=1S/C26H22ClF2N3O5/c1-26(18-6-10-20(11-7-18)37-24(28)29)23(33)32(25(34)31-26)30-14-17-5-12-21(22(13-17)35-2)36-15-16-3-8-19(27)9-4-16/h3-14,24H,15H2,1-2H3,(H,31,34)/b30-14-/t26-/m0/s1. The summed E-state index contributed by atoms with van der Waals surface area (Å²) in [5.74, 6) is 0.234. The number of alkyl halides is 2. The van der Waals surface area contributed by atoms with E-state index in [1.165, 1.54) is 44.5 Å². The first-order valence-electron chi connectivity index (χ1n) is 11.0. The minimum atomic E-state index is -2.97. The first kappa shape index (κ1) is 25.9. The van der Waals surface area contributed by atoms with Gasteiger partial charge in [-0.2, -0.15) is 13.9 Å². The summed E-state index contributed by atoms with van der Waals surface area (Å²) in [5.41, 5.74) is 0.428. The predicted molar refractivity (Wildman–Crippen MR) is 132 cm³/mol. The van der Waals surface area contributed by atoms with E-state index in [-0.39, 0.29) is 5.75 Å². The maximum atomic E-state index is 13.1. The molecule has 1 fully saturated rings. The summed E-state index contributed by atoms with van der Waals surface area (Å²) >= 11 is 5.91. The highest BCUT2D eigenvalue weighted by Crippen LogP contribution is 2.31. The highest BCUT2D eigenvalue weighted by atomic mass is 35.5. The highest BCUT2D eigenvalue weighted by Gasteiger charge is 2.49. The molecular formula is C26H22ClF2N3O5. The molecule has 0 radical (unpaired) electrons. The van der Waals surface area contributed by atoms with E-state index in [2.05, 4.69) is 15.2 Å². The molecule has 1 heterocycles. The van der Waals surface area contributed by atoms with Gasteiger partial charge in [0.15, 0.2) is 11.5 Å². The van der Waals surface area contributed by atoms with Gasteiger partial charge in [-0.1, -0.05) is 35.9 Å². The fourth-order valence-electron chi connectivity index (χ4n) is 3.64. The molecule has 1 aliphatic heterocycles. The summed E-state index contributed by atoms with van der Waals surface area (Å²) in [6, 6.07) is 17.0. The highest BCUT2D eigenvalue weighted by molar-refractivity contribution is 6.30. The Kier molecular flexibility index (Phi) is 7.58. The van der Waals surface area contributed by atoms with E-state index in [0.29, 0.717) is 39.3 Å². The number of nitrogens with zero attached hydrogens (tertiary/aromatic N) is 2. The van der Waals surface area contributed by atoms with E-state index in [4.69, 9.17) is 21.1 Å². The summed E-state index contributed by atoms with van der Waals surface area (Å²) in [6.07, 6.45) is 1.34. The third-order valence-corrected chi connectivity index (χ3v) is 5.90. The number of hydrazone groups is 1. The van der Waals surface area contributed by atoms with Crippen molar-refractivity contribution in [3.05, 3.63) is 88.4 Å². The van der Waals surface area contributed by atoms with Crippen molar-refractivity contribution in [1.82, 2.24) is 10.3 Å². The topological polar surface area (TPSA) is 89.5 Å². The lowest BCUT2D eigenvalue weighted by atomic mass is 9.92. The van der Waals surface area contributed by atoms with E-state index in [0.717, 1.165) is 5.56 Å². The van der Waals surface area contributed by atoms with Crippen LogP contribution >= 0.6 is 11.6 Å². The first-order chi connectivity index (χ1) is 17.7. The summed E-state index contributed by atoms with van der Waals surface area (Å²) < 4.78 is 40.4. The van der Waals surface area contributed by atoms with Crippen LogP contribution in [-0.2, 0) is 16.9 Å². The van der Waals surface area contributed by atoms with Crippen molar-refractivity contribution in [2.45, 2.75) is 25.7 Å². The van der Waals surface area contributed by atoms with E-state index >= 15 is 0 Å². The van der Waals surface area contributed by atoms with Crippen molar-refractivity contribution < 1.29 is 32.6 Å².